The molecule has 0 radical (unpaired) electrons. The molecule has 0 amide bonds. The van der Waals surface area contributed by atoms with Crippen LogP contribution in [0.15, 0.2) is 30.3 Å². The molecule has 0 atom stereocenters. The summed E-state index contributed by atoms with van der Waals surface area (Å²) in [6.07, 6.45) is 1.63. The van der Waals surface area contributed by atoms with Gasteiger partial charge < -0.3 is 23.7 Å². The molecule has 7 nitrogen and oxygen atoms in total. The molecule has 0 aliphatic carbocycles. The summed E-state index contributed by atoms with van der Waals surface area (Å²) >= 11 is 0. The van der Waals surface area contributed by atoms with Gasteiger partial charge in [-0.15, -0.1) is 0 Å². The van der Waals surface area contributed by atoms with Crippen molar-refractivity contribution in [3.8, 4) is 23.0 Å². The normalized spacial score (nSPS) is 16.3. The van der Waals surface area contributed by atoms with Gasteiger partial charge in [0, 0.05) is 5.56 Å². The van der Waals surface area contributed by atoms with Crippen LogP contribution in [-0.2, 0) is 9.53 Å². The minimum atomic E-state index is -0.729. The number of hydrogen-bond acceptors (Lipinski definition) is 7. The number of fused-ring (bicyclic) bond motifs is 2. The van der Waals surface area contributed by atoms with E-state index < -0.39 is 11.9 Å². The summed E-state index contributed by atoms with van der Waals surface area (Å²) in [5.74, 6) is 0.555. The zero-order chi connectivity index (χ0) is 18.3. The molecule has 2 aliphatic heterocycles. The van der Waals surface area contributed by atoms with Crippen molar-refractivity contribution in [3.05, 3.63) is 47.0 Å². The Labute approximate surface area is 148 Å². The van der Waals surface area contributed by atoms with E-state index in [0.717, 1.165) is 0 Å². The molecule has 2 aromatic carbocycles. The summed E-state index contributed by atoms with van der Waals surface area (Å²) in [6.45, 7) is 0.158. The molecule has 26 heavy (non-hydrogen) atoms. The lowest BCUT2D eigenvalue weighted by Gasteiger charge is -2.19. The maximum atomic E-state index is 12.3. The first kappa shape index (κ1) is 16.0. The number of hydrogen-bond donors (Lipinski definition) is 0. The predicted octanol–water partition coefficient (Wildman–Crippen LogP) is 2.67. The SMILES string of the molecule is COc1cc2c(cc1OC)C(=Cc1ccc3c(c1)OCO3)C(=O)OC2=O. The second kappa shape index (κ2) is 6.11. The molecule has 0 spiro atoms. The van der Waals surface area contributed by atoms with Crippen LogP contribution in [0.1, 0.15) is 21.5 Å². The Morgan fingerprint density at radius 1 is 0.885 bits per heavy atom. The zero-order valence-corrected chi connectivity index (χ0v) is 14.0. The largest absolute Gasteiger partial charge is 0.493 e. The van der Waals surface area contributed by atoms with Crippen molar-refractivity contribution in [2.24, 2.45) is 0 Å². The maximum Gasteiger partial charge on any atom is 0.346 e. The molecule has 7 heteroatoms. The standard InChI is InChI=1S/C19H14O7/c1-22-15-7-11-12(5-10-3-4-14-17(6-10)25-9-24-14)18(20)26-19(21)13(11)8-16(15)23-2/h3-8H,9H2,1-2H3. The third kappa shape index (κ3) is 2.54. The second-order valence-electron chi connectivity index (χ2n) is 5.60. The molecule has 132 valence electrons. The van der Waals surface area contributed by atoms with Crippen LogP contribution < -0.4 is 18.9 Å². The summed E-state index contributed by atoms with van der Waals surface area (Å²) in [6, 6.07) is 8.37. The molecule has 0 bridgehead atoms. The zero-order valence-electron chi connectivity index (χ0n) is 14.0. The van der Waals surface area contributed by atoms with Crippen molar-refractivity contribution in [2.75, 3.05) is 21.0 Å². The fourth-order valence-corrected chi connectivity index (χ4v) is 2.88. The van der Waals surface area contributed by atoms with E-state index in [1.54, 1.807) is 30.3 Å². The molecule has 2 aromatic rings. The monoisotopic (exact) mass is 354 g/mol. The average molecular weight is 354 g/mol. The van der Waals surface area contributed by atoms with E-state index in [9.17, 15) is 9.59 Å². The van der Waals surface area contributed by atoms with Crippen LogP contribution in [0, 0.1) is 0 Å². The topological polar surface area (TPSA) is 80.3 Å². The van der Waals surface area contributed by atoms with Gasteiger partial charge >= 0.3 is 11.9 Å². The van der Waals surface area contributed by atoms with Gasteiger partial charge in [0.2, 0.25) is 6.79 Å². The van der Waals surface area contributed by atoms with E-state index in [1.807, 2.05) is 0 Å². The fourth-order valence-electron chi connectivity index (χ4n) is 2.88. The van der Waals surface area contributed by atoms with Crippen LogP contribution in [0.4, 0.5) is 0 Å². The highest BCUT2D eigenvalue weighted by molar-refractivity contribution is 6.29. The van der Waals surface area contributed by atoms with E-state index in [1.165, 1.54) is 20.3 Å². The van der Waals surface area contributed by atoms with Gasteiger partial charge in [0.1, 0.15) is 0 Å². The first-order chi connectivity index (χ1) is 12.6. The van der Waals surface area contributed by atoms with E-state index in [4.69, 9.17) is 23.7 Å². The Hall–Kier alpha value is -3.48. The third-order valence-electron chi connectivity index (χ3n) is 4.15. The Bertz CT molecular complexity index is 959. The highest BCUT2D eigenvalue weighted by atomic mass is 16.7. The highest BCUT2D eigenvalue weighted by Gasteiger charge is 2.31. The molecule has 0 aromatic heterocycles. The molecule has 4 rings (SSSR count). The average Bonchev–Trinajstić information content (AvgIpc) is 3.11. The van der Waals surface area contributed by atoms with Crippen LogP contribution in [0.5, 0.6) is 23.0 Å². The van der Waals surface area contributed by atoms with Gasteiger partial charge in [-0.1, -0.05) is 6.07 Å². The predicted molar refractivity (Wildman–Crippen MR) is 90.4 cm³/mol. The van der Waals surface area contributed by atoms with Gasteiger partial charge in [0.25, 0.3) is 0 Å². The number of methoxy groups -OCH3 is 2. The van der Waals surface area contributed by atoms with Crippen LogP contribution in [0.25, 0.3) is 11.6 Å². The molecule has 2 aliphatic rings. The molecule has 0 N–H and O–H groups in total. The second-order valence-corrected chi connectivity index (χ2v) is 5.60. The lowest BCUT2D eigenvalue weighted by molar-refractivity contribution is -0.131. The highest BCUT2D eigenvalue weighted by Crippen LogP contribution is 2.38. The van der Waals surface area contributed by atoms with E-state index in [-0.39, 0.29) is 17.9 Å². The van der Waals surface area contributed by atoms with Crippen molar-refractivity contribution in [1.82, 2.24) is 0 Å². The number of ether oxygens (including phenoxy) is 5. The van der Waals surface area contributed by atoms with Crippen molar-refractivity contribution in [1.29, 1.82) is 0 Å². The van der Waals surface area contributed by atoms with Crippen LogP contribution in [-0.4, -0.2) is 33.0 Å². The van der Waals surface area contributed by atoms with Gasteiger partial charge in [0.15, 0.2) is 23.0 Å². The lowest BCUT2D eigenvalue weighted by atomic mass is 9.94. The van der Waals surface area contributed by atoms with Gasteiger partial charge in [-0.25, -0.2) is 9.59 Å². The summed E-state index contributed by atoms with van der Waals surface area (Å²) < 4.78 is 26.0. The number of cyclic esters (lactones) is 2. The fraction of sp³-hybridized carbons (Fsp3) is 0.158. The van der Waals surface area contributed by atoms with Gasteiger partial charge in [-0.05, 0) is 35.9 Å². The number of carbonyl (C=O) groups excluding carboxylic acids is 2. The van der Waals surface area contributed by atoms with Gasteiger partial charge in [-0.2, -0.15) is 0 Å². The van der Waals surface area contributed by atoms with Crippen molar-refractivity contribution >= 4 is 23.6 Å². The number of benzene rings is 2. The van der Waals surface area contributed by atoms with Crippen molar-refractivity contribution < 1.29 is 33.3 Å². The minimum absolute atomic E-state index is 0.158. The van der Waals surface area contributed by atoms with E-state index in [2.05, 4.69) is 0 Å². The molecule has 0 fully saturated rings. The molecule has 0 saturated carbocycles. The van der Waals surface area contributed by atoms with E-state index in [0.29, 0.717) is 34.1 Å². The van der Waals surface area contributed by atoms with E-state index >= 15 is 0 Å². The number of carbonyl (C=O) groups is 2. The Kier molecular flexibility index (Phi) is 3.76. The van der Waals surface area contributed by atoms with Crippen molar-refractivity contribution in [3.63, 3.8) is 0 Å². The maximum absolute atomic E-state index is 12.3. The number of rotatable bonds is 3. The van der Waals surface area contributed by atoms with Crippen molar-refractivity contribution in [2.45, 2.75) is 0 Å². The summed E-state index contributed by atoms with van der Waals surface area (Å²) in [4.78, 5) is 24.4. The number of esters is 2. The minimum Gasteiger partial charge on any atom is -0.493 e. The summed E-state index contributed by atoms with van der Waals surface area (Å²) in [5, 5.41) is 0. The first-order valence-corrected chi connectivity index (χ1v) is 7.75. The van der Waals surface area contributed by atoms with Crippen LogP contribution in [0.3, 0.4) is 0 Å². The van der Waals surface area contributed by atoms with Crippen LogP contribution >= 0.6 is 0 Å². The van der Waals surface area contributed by atoms with Crippen LogP contribution in [0.2, 0.25) is 0 Å². The summed E-state index contributed by atoms with van der Waals surface area (Å²) in [7, 11) is 2.95. The quantitative estimate of drug-likeness (QED) is 0.476. The Balaban J connectivity index is 1.86. The van der Waals surface area contributed by atoms with Gasteiger partial charge in [-0.3, -0.25) is 0 Å². The Morgan fingerprint density at radius 3 is 2.31 bits per heavy atom. The molecule has 0 saturated heterocycles. The third-order valence-corrected chi connectivity index (χ3v) is 4.15. The first-order valence-electron chi connectivity index (χ1n) is 7.75. The molecule has 2 heterocycles. The lowest BCUT2D eigenvalue weighted by Crippen LogP contribution is -2.22. The Morgan fingerprint density at radius 2 is 1.58 bits per heavy atom. The molecular formula is C19H14O7. The molecular weight excluding hydrogens is 340 g/mol. The molecule has 0 unspecified atom stereocenters. The van der Waals surface area contributed by atoms with Gasteiger partial charge in [0.05, 0.1) is 25.4 Å². The summed E-state index contributed by atoms with van der Waals surface area (Å²) in [5.41, 5.74) is 1.59. The smallest absolute Gasteiger partial charge is 0.346 e.